The number of carbonyl (C=O) groups is 2. The van der Waals surface area contributed by atoms with Crippen molar-refractivity contribution in [2.75, 3.05) is 6.61 Å². The molecule has 3 N–H and O–H groups in total. The fourth-order valence-electron chi connectivity index (χ4n) is 0.421. The van der Waals surface area contributed by atoms with E-state index in [0.29, 0.717) is 0 Å². The lowest BCUT2D eigenvalue weighted by molar-refractivity contribution is -0.143. The predicted octanol–water partition coefficient (Wildman–Crippen LogP) is -1.45. The summed E-state index contributed by atoms with van der Waals surface area (Å²) in [6.07, 6.45) is -1.77. The SMILES string of the molecule is O=C(O)C(S)(S)C(=O)C(O)CO. The minimum atomic E-state index is -2.26. The second-order valence-corrected chi connectivity index (χ2v) is 3.73. The monoisotopic (exact) mass is 212 g/mol. The quantitative estimate of drug-likeness (QED) is 0.223. The molecule has 70 valence electrons. The maximum absolute atomic E-state index is 10.9. The number of aliphatic hydroxyl groups excluding tert-OH is 2. The van der Waals surface area contributed by atoms with E-state index in [4.69, 9.17) is 15.3 Å². The number of Topliss-reactive ketones (excluding diaryl/α,β-unsaturated/α-hetero) is 1. The minimum absolute atomic E-state index is 0.852. The lowest BCUT2D eigenvalue weighted by Crippen LogP contribution is -2.44. The van der Waals surface area contributed by atoms with Crippen LogP contribution < -0.4 is 0 Å². The summed E-state index contributed by atoms with van der Waals surface area (Å²) in [6.45, 7) is -0.852. The van der Waals surface area contributed by atoms with E-state index in [-0.39, 0.29) is 0 Å². The van der Waals surface area contributed by atoms with Gasteiger partial charge in [0.05, 0.1) is 6.61 Å². The fourth-order valence-corrected chi connectivity index (χ4v) is 0.719. The van der Waals surface area contributed by atoms with E-state index in [1.165, 1.54) is 0 Å². The van der Waals surface area contributed by atoms with Crippen LogP contribution in [0.3, 0.4) is 0 Å². The number of rotatable bonds is 4. The molecule has 12 heavy (non-hydrogen) atoms. The Morgan fingerprint density at radius 1 is 1.42 bits per heavy atom. The third-order valence-electron chi connectivity index (χ3n) is 1.12. The molecule has 0 heterocycles. The second kappa shape index (κ2) is 4.13. The average Bonchev–Trinajstić information content (AvgIpc) is 2.01. The van der Waals surface area contributed by atoms with Gasteiger partial charge in [0.2, 0.25) is 9.86 Å². The fraction of sp³-hybridized carbons (Fsp3) is 0.600. The van der Waals surface area contributed by atoms with Crippen molar-refractivity contribution in [3.63, 3.8) is 0 Å². The maximum Gasteiger partial charge on any atom is 0.337 e. The molecule has 0 bridgehead atoms. The van der Waals surface area contributed by atoms with Crippen molar-refractivity contribution in [2.24, 2.45) is 0 Å². The van der Waals surface area contributed by atoms with Crippen LogP contribution in [-0.4, -0.2) is 43.9 Å². The molecular weight excluding hydrogens is 204 g/mol. The van der Waals surface area contributed by atoms with Crippen molar-refractivity contribution in [3.8, 4) is 0 Å². The first kappa shape index (κ1) is 11.8. The zero-order valence-corrected chi connectivity index (χ0v) is 7.63. The highest BCUT2D eigenvalue weighted by atomic mass is 32.2. The van der Waals surface area contributed by atoms with Crippen molar-refractivity contribution in [1.29, 1.82) is 0 Å². The van der Waals surface area contributed by atoms with E-state index < -0.39 is 28.5 Å². The van der Waals surface area contributed by atoms with Crippen LogP contribution in [0.5, 0.6) is 0 Å². The van der Waals surface area contributed by atoms with E-state index in [1.54, 1.807) is 0 Å². The van der Waals surface area contributed by atoms with Gasteiger partial charge in [-0.15, -0.1) is 25.3 Å². The van der Waals surface area contributed by atoms with Gasteiger partial charge in [-0.3, -0.25) is 4.79 Å². The summed E-state index contributed by atoms with van der Waals surface area (Å²) in [6, 6.07) is 0. The predicted molar refractivity (Wildman–Crippen MR) is 46.4 cm³/mol. The van der Waals surface area contributed by atoms with Crippen LogP contribution in [0.4, 0.5) is 0 Å². The van der Waals surface area contributed by atoms with E-state index in [1.807, 2.05) is 0 Å². The minimum Gasteiger partial charge on any atom is -0.479 e. The van der Waals surface area contributed by atoms with Gasteiger partial charge in [0, 0.05) is 0 Å². The number of hydrogen-bond donors (Lipinski definition) is 5. The van der Waals surface area contributed by atoms with E-state index in [9.17, 15) is 9.59 Å². The van der Waals surface area contributed by atoms with E-state index >= 15 is 0 Å². The second-order valence-electron chi connectivity index (χ2n) is 2.04. The number of ketones is 1. The molecular formula is C5H8O5S2. The van der Waals surface area contributed by atoms with Gasteiger partial charge in [0.15, 0.2) is 0 Å². The van der Waals surface area contributed by atoms with Crippen LogP contribution in [0.15, 0.2) is 0 Å². The van der Waals surface area contributed by atoms with Crippen molar-refractivity contribution in [3.05, 3.63) is 0 Å². The Bertz CT molecular complexity index is 202. The molecule has 0 saturated carbocycles. The topological polar surface area (TPSA) is 94.8 Å². The van der Waals surface area contributed by atoms with Gasteiger partial charge in [-0.2, -0.15) is 0 Å². The average molecular weight is 212 g/mol. The molecule has 1 unspecified atom stereocenters. The number of aliphatic carboxylic acids is 1. The molecule has 0 aliphatic rings. The lowest BCUT2D eigenvalue weighted by Gasteiger charge is -2.17. The highest BCUT2D eigenvalue weighted by Crippen LogP contribution is 2.22. The highest BCUT2D eigenvalue weighted by molar-refractivity contribution is 8.03. The Balaban J connectivity index is 4.57. The molecule has 0 rings (SSSR count). The van der Waals surface area contributed by atoms with Gasteiger partial charge >= 0.3 is 5.97 Å². The third-order valence-corrected chi connectivity index (χ3v) is 1.94. The third kappa shape index (κ3) is 2.37. The van der Waals surface area contributed by atoms with Crippen LogP contribution in [0.2, 0.25) is 0 Å². The van der Waals surface area contributed by atoms with Gasteiger partial charge in [-0.1, -0.05) is 0 Å². The summed E-state index contributed by atoms with van der Waals surface area (Å²) >= 11 is 6.83. The molecule has 0 fully saturated rings. The summed E-state index contributed by atoms with van der Waals surface area (Å²) in [4.78, 5) is 21.2. The summed E-state index contributed by atoms with van der Waals surface area (Å²) in [7, 11) is 0. The molecule has 0 aromatic rings. The zero-order chi connectivity index (χ0) is 9.94. The van der Waals surface area contributed by atoms with Crippen molar-refractivity contribution < 1.29 is 24.9 Å². The van der Waals surface area contributed by atoms with E-state index in [0.717, 1.165) is 0 Å². The molecule has 5 nitrogen and oxygen atoms in total. The molecule has 1 atom stereocenters. The summed E-state index contributed by atoms with van der Waals surface area (Å²) in [5, 5.41) is 25.5. The van der Waals surface area contributed by atoms with Crippen molar-refractivity contribution >= 4 is 37.0 Å². The first-order valence-electron chi connectivity index (χ1n) is 2.85. The van der Waals surface area contributed by atoms with Crippen molar-refractivity contribution in [2.45, 2.75) is 10.2 Å². The Hall–Kier alpha value is -0.240. The Kier molecular flexibility index (Phi) is 4.04. The maximum atomic E-state index is 10.9. The smallest absolute Gasteiger partial charge is 0.337 e. The normalized spacial score (nSPS) is 14.0. The Morgan fingerprint density at radius 2 is 1.83 bits per heavy atom. The van der Waals surface area contributed by atoms with Crippen LogP contribution in [0.1, 0.15) is 0 Å². The lowest BCUT2D eigenvalue weighted by atomic mass is 10.1. The van der Waals surface area contributed by atoms with Gasteiger partial charge in [0.1, 0.15) is 6.10 Å². The zero-order valence-electron chi connectivity index (χ0n) is 5.84. The van der Waals surface area contributed by atoms with Crippen molar-refractivity contribution in [1.82, 2.24) is 0 Å². The van der Waals surface area contributed by atoms with Gasteiger partial charge in [-0.05, 0) is 0 Å². The van der Waals surface area contributed by atoms with Crippen LogP contribution >= 0.6 is 25.3 Å². The number of thiol groups is 2. The molecule has 0 aliphatic carbocycles. The molecule has 0 aromatic heterocycles. The summed E-state index contributed by atoms with van der Waals surface area (Å²) < 4.78 is -2.26. The molecule has 0 radical (unpaired) electrons. The largest absolute Gasteiger partial charge is 0.479 e. The van der Waals surface area contributed by atoms with Gasteiger partial charge in [0.25, 0.3) is 0 Å². The molecule has 0 spiro atoms. The number of carbonyl (C=O) groups excluding carboxylic acids is 1. The Labute approximate surface area is 79.2 Å². The molecule has 0 saturated heterocycles. The Morgan fingerprint density at radius 3 is 2.08 bits per heavy atom. The first-order valence-corrected chi connectivity index (χ1v) is 3.74. The number of hydrogen-bond acceptors (Lipinski definition) is 6. The van der Waals surface area contributed by atoms with E-state index in [2.05, 4.69) is 25.3 Å². The number of carboxylic acids is 1. The highest BCUT2D eigenvalue weighted by Gasteiger charge is 2.41. The first-order chi connectivity index (χ1) is 5.34. The molecule has 7 heteroatoms. The van der Waals surface area contributed by atoms with Gasteiger partial charge < -0.3 is 15.3 Å². The van der Waals surface area contributed by atoms with Crippen LogP contribution in [-0.2, 0) is 9.59 Å². The summed E-state index contributed by atoms with van der Waals surface area (Å²) in [5.74, 6) is -2.75. The standard InChI is InChI=1S/C5H8O5S2/c6-1-2(7)3(8)5(11,12)4(9)10/h2,6-7,11-12H,1H2,(H,9,10). The number of aliphatic hydroxyl groups is 2. The number of carboxylic acid groups (broad SMARTS) is 1. The molecule has 0 amide bonds. The summed E-state index contributed by atoms with van der Waals surface area (Å²) in [5.41, 5.74) is 0. The van der Waals surface area contributed by atoms with Crippen LogP contribution in [0, 0.1) is 0 Å². The molecule has 0 aromatic carbocycles. The molecule has 0 aliphatic heterocycles. The van der Waals surface area contributed by atoms with Crippen LogP contribution in [0.25, 0.3) is 0 Å². The van der Waals surface area contributed by atoms with Gasteiger partial charge in [-0.25, -0.2) is 4.79 Å².